The van der Waals surface area contributed by atoms with E-state index in [0.717, 1.165) is 27.8 Å². The van der Waals surface area contributed by atoms with E-state index in [1.165, 1.54) is 9.36 Å². The molecule has 0 saturated carbocycles. The Kier molecular flexibility index (Phi) is 6.12. The van der Waals surface area contributed by atoms with E-state index in [9.17, 15) is 4.79 Å². The normalized spacial score (nSPS) is 10.8. The van der Waals surface area contributed by atoms with Gasteiger partial charge in [-0.05, 0) is 65.2 Å². The molecule has 0 aliphatic heterocycles. The smallest absolute Gasteiger partial charge is 0.368 e. The van der Waals surface area contributed by atoms with Gasteiger partial charge >= 0.3 is 5.69 Å². The lowest BCUT2D eigenvalue weighted by Gasteiger charge is -2.15. The Hall–Kier alpha value is -4.14. The predicted octanol–water partition coefficient (Wildman–Crippen LogP) is 3.24. The molecule has 2 aromatic heterocycles. The van der Waals surface area contributed by atoms with Crippen LogP contribution in [0.5, 0.6) is 17.5 Å². The largest absolute Gasteiger partial charge is 0.489 e. The van der Waals surface area contributed by atoms with Crippen molar-refractivity contribution in [3.8, 4) is 34.3 Å². The van der Waals surface area contributed by atoms with E-state index in [4.69, 9.17) is 14.2 Å². The summed E-state index contributed by atoms with van der Waals surface area (Å²) in [6, 6.07) is 15.3. The number of rotatable bonds is 7. The highest BCUT2D eigenvalue weighted by molar-refractivity contribution is 5.71. The van der Waals surface area contributed by atoms with E-state index < -0.39 is 0 Å². The molecular weight excluding hydrogens is 422 g/mol. The maximum Gasteiger partial charge on any atom is 0.368 e. The van der Waals surface area contributed by atoms with Gasteiger partial charge in [-0.2, -0.15) is 14.3 Å². The molecule has 33 heavy (non-hydrogen) atoms. The summed E-state index contributed by atoms with van der Waals surface area (Å²) >= 11 is 0. The highest BCUT2D eigenvalue weighted by Crippen LogP contribution is 2.33. The number of aryl methyl sites for hydroxylation is 3. The predicted molar refractivity (Wildman–Crippen MR) is 123 cm³/mol. The fourth-order valence-electron chi connectivity index (χ4n) is 3.59. The Morgan fingerprint density at radius 1 is 0.970 bits per heavy atom. The molecule has 0 fully saturated rings. The fraction of sp³-hybridized carbons (Fsp3) is 0.250. The van der Waals surface area contributed by atoms with Gasteiger partial charge in [0.15, 0.2) is 0 Å². The Bertz CT molecular complexity index is 1360. The number of hydrogen-bond donors (Lipinski definition) is 0. The number of nitrogens with zero attached hydrogens (tertiary/aromatic N) is 5. The van der Waals surface area contributed by atoms with Crippen LogP contribution >= 0.6 is 0 Å². The zero-order chi connectivity index (χ0) is 23.5. The van der Waals surface area contributed by atoms with Gasteiger partial charge in [-0.25, -0.2) is 4.79 Å². The van der Waals surface area contributed by atoms with Crippen LogP contribution in [0.3, 0.4) is 0 Å². The summed E-state index contributed by atoms with van der Waals surface area (Å²) in [7, 11) is 4.70. The van der Waals surface area contributed by atoms with Crippen LogP contribution in [-0.2, 0) is 13.7 Å². The van der Waals surface area contributed by atoms with Crippen molar-refractivity contribution >= 4 is 0 Å². The van der Waals surface area contributed by atoms with Crippen molar-refractivity contribution < 1.29 is 14.2 Å². The minimum atomic E-state index is -0.321. The van der Waals surface area contributed by atoms with Crippen molar-refractivity contribution in [2.75, 3.05) is 14.2 Å². The van der Waals surface area contributed by atoms with E-state index in [0.29, 0.717) is 23.2 Å². The van der Waals surface area contributed by atoms with Crippen LogP contribution in [0.4, 0.5) is 0 Å². The maximum atomic E-state index is 12.4. The van der Waals surface area contributed by atoms with Gasteiger partial charge in [-0.15, -0.1) is 0 Å². The lowest BCUT2D eigenvalue weighted by atomic mass is 10.0. The van der Waals surface area contributed by atoms with Crippen molar-refractivity contribution in [2.24, 2.45) is 7.05 Å². The zero-order valence-electron chi connectivity index (χ0n) is 19.2. The Morgan fingerprint density at radius 2 is 1.79 bits per heavy atom. The van der Waals surface area contributed by atoms with E-state index in [-0.39, 0.29) is 12.3 Å². The molecule has 4 rings (SSSR count). The second kappa shape index (κ2) is 9.15. The van der Waals surface area contributed by atoms with Crippen LogP contribution in [0.25, 0.3) is 16.8 Å². The summed E-state index contributed by atoms with van der Waals surface area (Å²) < 4.78 is 19.3. The van der Waals surface area contributed by atoms with Crippen molar-refractivity contribution in [3.05, 3.63) is 75.7 Å². The summed E-state index contributed by atoms with van der Waals surface area (Å²) in [5.41, 5.74) is 4.92. The lowest BCUT2D eigenvalue weighted by Crippen LogP contribution is -2.23. The monoisotopic (exact) mass is 447 g/mol. The van der Waals surface area contributed by atoms with Gasteiger partial charge in [0.1, 0.15) is 12.4 Å². The van der Waals surface area contributed by atoms with Crippen LogP contribution in [0.1, 0.15) is 16.7 Å². The number of benzene rings is 2. The number of aromatic nitrogens is 5. The highest BCUT2D eigenvalue weighted by atomic mass is 16.5. The van der Waals surface area contributed by atoms with E-state index in [1.807, 2.05) is 56.3 Å². The van der Waals surface area contributed by atoms with Crippen molar-refractivity contribution in [1.82, 2.24) is 24.8 Å². The van der Waals surface area contributed by atoms with Gasteiger partial charge in [-0.1, -0.05) is 18.2 Å². The molecule has 9 heteroatoms. The van der Waals surface area contributed by atoms with Crippen LogP contribution in [0.15, 0.2) is 53.3 Å². The second-order valence-electron chi connectivity index (χ2n) is 7.60. The molecule has 9 nitrogen and oxygen atoms in total. The van der Waals surface area contributed by atoms with Crippen LogP contribution in [0, 0.1) is 13.8 Å². The molecule has 0 saturated heterocycles. The van der Waals surface area contributed by atoms with Crippen molar-refractivity contribution in [1.29, 1.82) is 0 Å². The van der Waals surface area contributed by atoms with Crippen LogP contribution < -0.4 is 19.9 Å². The maximum absolute atomic E-state index is 12.4. The van der Waals surface area contributed by atoms with Gasteiger partial charge in [0.2, 0.25) is 11.8 Å². The molecule has 0 radical (unpaired) electrons. The molecule has 0 aliphatic carbocycles. The summed E-state index contributed by atoms with van der Waals surface area (Å²) in [5.74, 6) is 1.63. The molecule has 0 N–H and O–H groups in total. The first-order valence-electron chi connectivity index (χ1n) is 10.3. The van der Waals surface area contributed by atoms with E-state index in [1.54, 1.807) is 27.3 Å². The third-order valence-electron chi connectivity index (χ3n) is 5.32. The molecule has 0 spiro atoms. The summed E-state index contributed by atoms with van der Waals surface area (Å²) in [6.07, 6.45) is 0. The van der Waals surface area contributed by atoms with Gasteiger partial charge < -0.3 is 14.2 Å². The van der Waals surface area contributed by atoms with Crippen LogP contribution in [0.2, 0.25) is 0 Å². The standard InChI is InChI=1S/C24H25N5O4/c1-15-11-17(19-9-10-22(31-4)25-23(19)32-5)13-18(12-15)33-14-20-16(2)7-6-8-21(20)29-24(30)28(3)26-27-29/h6-13H,14H2,1-5H3. The third-order valence-corrected chi connectivity index (χ3v) is 5.32. The minimum Gasteiger partial charge on any atom is -0.489 e. The quantitative estimate of drug-likeness (QED) is 0.429. The minimum absolute atomic E-state index is 0.256. The molecule has 0 aliphatic rings. The van der Waals surface area contributed by atoms with E-state index >= 15 is 0 Å². The Balaban J connectivity index is 1.67. The number of pyridine rings is 1. The molecule has 4 aromatic rings. The number of ether oxygens (including phenoxy) is 3. The topological polar surface area (TPSA) is 93.3 Å². The fourth-order valence-corrected chi connectivity index (χ4v) is 3.59. The Morgan fingerprint density at radius 3 is 2.48 bits per heavy atom. The molecule has 0 amide bonds. The third kappa shape index (κ3) is 4.43. The molecular formula is C24H25N5O4. The SMILES string of the molecule is COc1ccc(-c2cc(C)cc(OCc3c(C)cccc3-n3nnn(C)c3=O)c2)c(OC)n1. The number of methoxy groups -OCH3 is 2. The first-order valence-corrected chi connectivity index (χ1v) is 10.3. The summed E-state index contributed by atoms with van der Waals surface area (Å²) in [5, 5.41) is 7.79. The molecule has 2 heterocycles. The second-order valence-corrected chi connectivity index (χ2v) is 7.60. The Labute approximate surface area is 191 Å². The van der Waals surface area contributed by atoms with Crippen LogP contribution in [-0.4, -0.2) is 39.0 Å². The average Bonchev–Trinajstić information content (AvgIpc) is 3.15. The van der Waals surface area contributed by atoms with Gasteiger partial charge in [0.25, 0.3) is 0 Å². The van der Waals surface area contributed by atoms with Gasteiger partial charge in [0.05, 0.1) is 19.9 Å². The zero-order valence-corrected chi connectivity index (χ0v) is 19.2. The molecule has 170 valence electrons. The first kappa shape index (κ1) is 22.1. The summed E-state index contributed by atoms with van der Waals surface area (Å²) in [6.45, 7) is 4.23. The van der Waals surface area contributed by atoms with E-state index in [2.05, 4.69) is 15.4 Å². The van der Waals surface area contributed by atoms with Gasteiger partial charge in [-0.3, -0.25) is 0 Å². The summed E-state index contributed by atoms with van der Waals surface area (Å²) in [4.78, 5) is 16.8. The van der Waals surface area contributed by atoms with Gasteiger partial charge in [0, 0.05) is 24.2 Å². The lowest BCUT2D eigenvalue weighted by molar-refractivity contribution is 0.304. The molecule has 0 atom stereocenters. The average molecular weight is 447 g/mol. The first-order chi connectivity index (χ1) is 15.9. The molecule has 0 bridgehead atoms. The molecule has 2 aromatic carbocycles. The molecule has 0 unspecified atom stereocenters. The highest BCUT2D eigenvalue weighted by Gasteiger charge is 2.15. The van der Waals surface area contributed by atoms with Crippen molar-refractivity contribution in [2.45, 2.75) is 20.5 Å². The number of hydrogen-bond acceptors (Lipinski definition) is 7. The van der Waals surface area contributed by atoms with Crippen molar-refractivity contribution in [3.63, 3.8) is 0 Å². The number of tetrazole rings is 1.